The van der Waals surface area contributed by atoms with Gasteiger partial charge in [-0.05, 0) is 55.0 Å². The number of nitrogens with one attached hydrogen (secondary N) is 2. The molecule has 3 fully saturated rings. The Morgan fingerprint density at radius 2 is 2.09 bits per heavy atom. The van der Waals surface area contributed by atoms with E-state index in [1.54, 1.807) is 28.3 Å². The number of H-pyrrole nitrogens is 1. The van der Waals surface area contributed by atoms with Crippen molar-refractivity contribution in [3.63, 3.8) is 0 Å². The molecule has 180 valence electrons. The molecule has 35 heavy (non-hydrogen) atoms. The molecule has 0 unspecified atom stereocenters. The van der Waals surface area contributed by atoms with Crippen LogP contribution in [0.4, 0.5) is 10.2 Å². The van der Waals surface area contributed by atoms with Gasteiger partial charge in [-0.25, -0.2) is 14.4 Å². The lowest BCUT2D eigenvalue weighted by atomic mass is 9.61. The Kier molecular flexibility index (Phi) is 5.40. The highest BCUT2D eigenvalue weighted by molar-refractivity contribution is 7.09. The minimum atomic E-state index is -0.829. The van der Waals surface area contributed by atoms with Crippen molar-refractivity contribution in [2.24, 2.45) is 17.8 Å². The molecule has 2 bridgehead atoms. The molecular weight excluding hydrogens is 469 g/mol. The Morgan fingerprint density at radius 1 is 1.29 bits per heavy atom. The highest BCUT2D eigenvalue weighted by Gasteiger charge is 2.47. The molecule has 8 nitrogen and oxygen atoms in total. The van der Waals surface area contributed by atoms with Crippen LogP contribution in [0.5, 0.6) is 0 Å². The third kappa shape index (κ3) is 3.91. The number of carboxylic acids is 1. The maximum atomic E-state index is 14.0. The summed E-state index contributed by atoms with van der Waals surface area (Å²) in [7, 11) is 0. The fourth-order valence-electron chi connectivity index (χ4n) is 5.81. The number of rotatable bonds is 6. The van der Waals surface area contributed by atoms with Gasteiger partial charge in [-0.3, -0.25) is 9.59 Å². The molecule has 0 spiro atoms. The number of aliphatic carboxylic acids is 1. The maximum absolute atomic E-state index is 14.0. The van der Waals surface area contributed by atoms with E-state index >= 15 is 0 Å². The number of hydrogen-bond donors (Lipinski definition) is 3. The molecule has 3 saturated carbocycles. The van der Waals surface area contributed by atoms with E-state index in [1.165, 1.54) is 6.07 Å². The van der Waals surface area contributed by atoms with Gasteiger partial charge in [-0.1, -0.05) is 6.07 Å². The number of pyridine rings is 1. The van der Waals surface area contributed by atoms with Crippen LogP contribution in [0.3, 0.4) is 0 Å². The molecule has 0 aliphatic heterocycles. The molecule has 3 aliphatic rings. The molecule has 3 aliphatic carbocycles. The summed E-state index contributed by atoms with van der Waals surface area (Å²) in [5.74, 6) is -1.43. The van der Waals surface area contributed by atoms with Gasteiger partial charge in [0.2, 0.25) is 0 Å². The first-order valence-corrected chi connectivity index (χ1v) is 12.6. The number of anilines is 1. The van der Waals surface area contributed by atoms with Gasteiger partial charge in [0.1, 0.15) is 11.5 Å². The van der Waals surface area contributed by atoms with Gasteiger partial charge in [-0.15, -0.1) is 11.3 Å². The van der Waals surface area contributed by atoms with E-state index < -0.39 is 17.7 Å². The molecule has 10 heteroatoms. The van der Waals surface area contributed by atoms with Crippen molar-refractivity contribution in [1.82, 2.24) is 19.5 Å². The van der Waals surface area contributed by atoms with Crippen molar-refractivity contribution >= 4 is 34.2 Å². The summed E-state index contributed by atoms with van der Waals surface area (Å²) >= 11 is 1.55. The molecule has 4 aromatic heterocycles. The zero-order valence-electron chi connectivity index (χ0n) is 18.8. The van der Waals surface area contributed by atoms with Crippen LogP contribution >= 0.6 is 11.3 Å². The molecule has 0 saturated heterocycles. The van der Waals surface area contributed by atoms with E-state index in [-0.39, 0.29) is 29.3 Å². The number of thiophene rings is 1. The first kappa shape index (κ1) is 22.0. The van der Waals surface area contributed by atoms with Gasteiger partial charge in [0.25, 0.3) is 5.56 Å². The van der Waals surface area contributed by atoms with E-state index in [0.29, 0.717) is 28.8 Å². The van der Waals surface area contributed by atoms with Crippen LogP contribution in [0.15, 0.2) is 47.0 Å². The summed E-state index contributed by atoms with van der Waals surface area (Å²) in [6, 6.07) is 4.91. The van der Waals surface area contributed by atoms with Crippen LogP contribution in [0.25, 0.3) is 22.3 Å². The summed E-state index contributed by atoms with van der Waals surface area (Å²) < 4.78 is 15.6. The number of hydrogen-bond acceptors (Lipinski definition) is 6. The number of halogens is 1. The van der Waals surface area contributed by atoms with Crippen molar-refractivity contribution in [3.05, 3.63) is 63.2 Å². The molecule has 2 atom stereocenters. The summed E-state index contributed by atoms with van der Waals surface area (Å²) in [4.78, 5) is 38.4. The zero-order chi connectivity index (χ0) is 24.1. The zero-order valence-corrected chi connectivity index (χ0v) is 19.6. The molecule has 0 radical (unpaired) electrons. The molecular formula is C25H24FN5O3S. The Labute approximate surface area is 203 Å². The van der Waals surface area contributed by atoms with Crippen LogP contribution < -0.4 is 10.9 Å². The van der Waals surface area contributed by atoms with Crippen LogP contribution in [0.1, 0.15) is 30.6 Å². The highest BCUT2D eigenvalue weighted by atomic mass is 32.1. The minimum absolute atomic E-state index is 0.106. The summed E-state index contributed by atoms with van der Waals surface area (Å²) in [5.41, 5.74) is 1.31. The minimum Gasteiger partial charge on any atom is -0.481 e. The second-order valence-electron chi connectivity index (χ2n) is 9.45. The summed E-state index contributed by atoms with van der Waals surface area (Å²) in [6.45, 7) is 0.356. The average Bonchev–Trinajstić information content (AvgIpc) is 3.51. The predicted molar refractivity (Wildman–Crippen MR) is 131 cm³/mol. The van der Waals surface area contributed by atoms with Gasteiger partial charge in [0.15, 0.2) is 5.82 Å². The fraction of sp³-hybridized carbons (Fsp3) is 0.360. The Morgan fingerprint density at radius 3 is 2.83 bits per heavy atom. The number of aromatic amines is 1. The first-order chi connectivity index (χ1) is 17.0. The van der Waals surface area contributed by atoms with Crippen molar-refractivity contribution in [2.75, 3.05) is 5.32 Å². The molecule has 4 heterocycles. The lowest BCUT2D eigenvalue weighted by molar-refractivity contribution is -0.148. The number of fused-ring (bicyclic) bond motifs is 4. The van der Waals surface area contributed by atoms with Crippen LogP contribution in [-0.2, 0) is 11.3 Å². The lowest BCUT2D eigenvalue weighted by Crippen LogP contribution is -2.52. The summed E-state index contributed by atoms with van der Waals surface area (Å²) in [5, 5.41) is 15.7. The SMILES string of the molecule is O=C(O)[C@H]1C2CCC(CC2)[C@@H]1Nc1nc(-c2c[nH]c3ncc(F)cc23)cn(Cc2cccs2)c1=O. The Bertz CT molecular complexity index is 1460. The third-order valence-electron chi connectivity index (χ3n) is 7.46. The van der Waals surface area contributed by atoms with Crippen molar-refractivity contribution in [2.45, 2.75) is 38.3 Å². The largest absolute Gasteiger partial charge is 0.481 e. The second-order valence-corrected chi connectivity index (χ2v) is 10.5. The molecule has 0 aromatic carbocycles. The van der Waals surface area contributed by atoms with E-state index in [1.807, 2.05) is 17.5 Å². The highest BCUT2D eigenvalue weighted by Crippen LogP contribution is 2.46. The van der Waals surface area contributed by atoms with Crippen LogP contribution in [0, 0.1) is 23.6 Å². The maximum Gasteiger partial charge on any atom is 0.308 e. The normalized spacial score (nSPS) is 23.6. The average molecular weight is 494 g/mol. The van der Waals surface area contributed by atoms with E-state index in [0.717, 1.165) is 36.8 Å². The third-order valence-corrected chi connectivity index (χ3v) is 8.32. The van der Waals surface area contributed by atoms with Gasteiger partial charge >= 0.3 is 5.97 Å². The molecule has 7 rings (SSSR count). The lowest BCUT2D eigenvalue weighted by Gasteiger charge is -2.47. The first-order valence-electron chi connectivity index (χ1n) is 11.7. The van der Waals surface area contributed by atoms with Crippen molar-refractivity contribution < 1.29 is 14.3 Å². The Hall–Kier alpha value is -3.53. The number of nitrogens with zero attached hydrogens (tertiary/aromatic N) is 3. The topological polar surface area (TPSA) is 113 Å². The van der Waals surface area contributed by atoms with Gasteiger partial charge in [-0.2, -0.15) is 0 Å². The van der Waals surface area contributed by atoms with Crippen molar-refractivity contribution in [1.29, 1.82) is 0 Å². The van der Waals surface area contributed by atoms with E-state index in [9.17, 15) is 19.1 Å². The smallest absolute Gasteiger partial charge is 0.308 e. The standard InChI is InChI=1S/C25H24FN5O3S/c26-15-8-17-18(10-28-22(17)27-9-15)19-12-31(11-16-2-1-7-35-16)24(32)23(29-19)30-21-14-5-3-13(4-6-14)20(21)25(33)34/h1-2,7-10,12-14,20-21H,3-6,11H2,(H,27,28)(H,29,30)(H,33,34)/t13?,14?,20-,21-/m0/s1. The van der Waals surface area contributed by atoms with Gasteiger partial charge in [0, 0.05) is 34.3 Å². The summed E-state index contributed by atoms with van der Waals surface area (Å²) in [6.07, 6.45) is 8.22. The Balaban J connectivity index is 1.46. The monoisotopic (exact) mass is 493 g/mol. The van der Waals surface area contributed by atoms with Crippen LogP contribution in [-0.4, -0.2) is 36.6 Å². The number of aromatic nitrogens is 4. The fourth-order valence-corrected chi connectivity index (χ4v) is 6.51. The number of carboxylic acid groups (broad SMARTS) is 1. The predicted octanol–water partition coefficient (Wildman–Crippen LogP) is 4.34. The van der Waals surface area contributed by atoms with Crippen LogP contribution in [0.2, 0.25) is 0 Å². The molecule has 0 amide bonds. The van der Waals surface area contributed by atoms with Gasteiger partial charge < -0.3 is 20.0 Å². The van der Waals surface area contributed by atoms with E-state index in [2.05, 4.69) is 20.3 Å². The number of carbonyl (C=O) groups is 1. The van der Waals surface area contributed by atoms with Gasteiger partial charge in [0.05, 0.1) is 24.4 Å². The molecule has 4 aromatic rings. The molecule has 3 N–H and O–H groups in total. The van der Waals surface area contributed by atoms with Crippen molar-refractivity contribution in [3.8, 4) is 11.3 Å². The quantitative estimate of drug-likeness (QED) is 0.368. The van der Waals surface area contributed by atoms with E-state index in [4.69, 9.17) is 0 Å². The second kappa shape index (κ2) is 8.60.